The van der Waals surface area contributed by atoms with E-state index >= 15 is 0 Å². The lowest BCUT2D eigenvalue weighted by atomic mass is 10.1. The highest BCUT2D eigenvalue weighted by Crippen LogP contribution is 2.20. The summed E-state index contributed by atoms with van der Waals surface area (Å²) in [4.78, 5) is 16.0. The van der Waals surface area contributed by atoms with Crippen LogP contribution in [0.1, 0.15) is 29.8 Å². The number of carbonyl (C=O) groups excluding carboxylic acids is 1. The van der Waals surface area contributed by atoms with Gasteiger partial charge in [-0.05, 0) is 38.5 Å². The molecule has 0 fully saturated rings. The molecule has 98 valence electrons. The average molecular weight is 268 g/mol. The fourth-order valence-electron chi connectivity index (χ4n) is 1.40. The number of amidine groups is 1. The van der Waals surface area contributed by atoms with Gasteiger partial charge in [0.05, 0.1) is 11.6 Å². The molecule has 18 heavy (non-hydrogen) atoms. The van der Waals surface area contributed by atoms with E-state index in [2.05, 4.69) is 10.3 Å². The van der Waals surface area contributed by atoms with Crippen molar-refractivity contribution in [3.05, 3.63) is 29.3 Å². The lowest BCUT2D eigenvalue weighted by Gasteiger charge is -2.09. The minimum absolute atomic E-state index is 0.0960. The number of hydrogen-bond acceptors (Lipinski definition) is 2. The number of carbonyl (C=O) groups is 1. The zero-order chi connectivity index (χ0) is 13.7. The number of amides is 1. The first kappa shape index (κ1) is 14.5. The third-order valence-corrected chi connectivity index (χ3v) is 2.57. The summed E-state index contributed by atoms with van der Waals surface area (Å²) in [6.45, 7) is 5.73. The molecule has 0 spiro atoms. The van der Waals surface area contributed by atoms with E-state index in [1.807, 2.05) is 26.8 Å². The van der Waals surface area contributed by atoms with Gasteiger partial charge in [0.1, 0.15) is 5.84 Å². The Hall–Kier alpha value is -1.55. The number of aryl methyl sites for hydroxylation is 1. The Bertz CT molecular complexity index is 469. The van der Waals surface area contributed by atoms with E-state index in [1.165, 1.54) is 0 Å². The minimum atomic E-state index is -0.120. The molecule has 1 amide bonds. The van der Waals surface area contributed by atoms with Crippen LogP contribution in [0.15, 0.2) is 23.2 Å². The zero-order valence-electron chi connectivity index (χ0n) is 10.8. The highest BCUT2D eigenvalue weighted by atomic mass is 35.5. The average Bonchev–Trinajstić information content (AvgIpc) is 2.30. The maximum absolute atomic E-state index is 11.9. The second-order valence-electron chi connectivity index (χ2n) is 4.37. The molecule has 0 saturated carbocycles. The van der Waals surface area contributed by atoms with Crippen molar-refractivity contribution in [3.8, 4) is 0 Å². The van der Waals surface area contributed by atoms with Crippen LogP contribution in [0.4, 0.5) is 5.69 Å². The molecule has 1 aromatic rings. The SMILES string of the molecule is Cc1ccc(C(=O)NC(C)C)cc1N=C(N)CCl. The van der Waals surface area contributed by atoms with E-state index in [-0.39, 0.29) is 17.8 Å². The van der Waals surface area contributed by atoms with Crippen molar-refractivity contribution in [2.24, 2.45) is 10.7 Å². The monoisotopic (exact) mass is 267 g/mol. The van der Waals surface area contributed by atoms with Crippen molar-refractivity contribution in [2.45, 2.75) is 26.8 Å². The Labute approximate surface area is 112 Å². The lowest BCUT2D eigenvalue weighted by Crippen LogP contribution is -2.30. The maximum Gasteiger partial charge on any atom is 0.251 e. The zero-order valence-corrected chi connectivity index (χ0v) is 11.6. The van der Waals surface area contributed by atoms with Crippen LogP contribution in [0.5, 0.6) is 0 Å². The normalized spacial score (nSPS) is 11.7. The Morgan fingerprint density at radius 1 is 1.50 bits per heavy atom. The summed E-state index contributed by atoms with van der Waals surface area (Å²) in [7, 11) is 0. The predicted molar refractivity (Wildman–Crippen MR) is 75.8 cm³/mol. The van der Waals surface area contributed by atoms with Crippen molar-refractivity contribution in [1.29, 1.82) is 0 Å². The van der Waals surface area contributed by atoms with Crippen molar-refractivity contribution in [2.75, 3.05) is 5.88 Å². The second-order valence-corrected chi connectivity index (χ2v) is 4.63. The summed E-state index contributed by atoms with van der Waals surface area (Å²) >= 11 is 5.59. The molecule has 0 unspecified atom stereocenters. The molecule has 0 aliphatic rings. The quantitative estimate of drug-likeness (QED) is 0.500. The van der Waals surface area contributed by atoms with Crippen LogP contribution >= 0.6 is 11.6 Å². The fraction of sp³-hybridized carbons (Fsp3) is 0.385. The number of rotatable bonds is 4. The molecular weight excluding hydrogens is 250 g/mol. The number of nitrogens with two attached hydrogens (primary N) is 1. The lowest BCUT2D eigenvalue weighted by molar-refractivity contribution is 0.0943. The van der Waals surface area contributed by atoms with Crippen molar-refractivity contribution < 1.29 is 4.79 Å². The molecule has 1 rings (SSSR count). The molecule has 0 bridgehead atoms. The van der Waals surface area contributed by atoms with Crippen molar-refractivity contribution in [3.63, 3.8) is 0 Å². The third-order valence-electron chi connectivity index (χ3n) is 2.29. The Kier molecular flexibility index (Phi) is 5.16. The van der Waals surface area contributed by atoms with Gasteiger partial charge in [0.2, 0.25) is 0 Å². The maximum atomic E-state index is 11.9. The summed E-state index contributed by atoms with van der Waals surface area (Å²) in [5.41, 5.74) is 7.78. The first-order chi connectivity index (χ1) is 8.43. The first-order valence-corrected chi connectivity index (χ1v) is 6.28. The largest absolute Gasteiger partial charge is 0.386 e. The smallest absolute Gasteiger partial charge is 0.251 e. The number of nitrogens with one attached hydrogen (secondary N) is 1. The molecule has 5 heteroatoms. The number of hydrogen-bond donors (Lipinski definition) is 2. The van der Waals surface area contributed by atoms with Crippen LogP contribution in [-0.4, -0.2) is 23.7 Å². The van der Waals surface area contributed by atoms with Crippen LogP contribution in [0.25, 0.3) is 0 Å². The molecule has 0 aliphatic heterocycles. The standard InChI is InChI=1S/C13H18ClN3O/c1-8(2)16-13(18)10-5-4-9(3)11(6-10)17-12(15)7-14/h4-6,8H,7H2,1-3H3,(H2,15,17)(H,16,18). The van der Waals surface area contributed by atoms with E-state index in [1.54, 1.807) is 12.1 Å². The van der Waals surface area contributed by atoms with Gasteiger partial charge in [-0.25, -0.2) is 4.99 Å². The van der Waals surface area contributed by atoms with Gasteiger partial charge in [0.15, 0.2) is 0 Å². The highest BCUT2D eigenvalue weighted by Gasteiger charge is 2.09. The van der Waals surface area contributed by atoms with Gasteiger partial charge in [-0.1, -0.05) is 6.07 Å². The molecular formula is C13H18ClN3O. The van der Waals surface area contributed by atoms with E-state index in [0.717, 1.165) is 5.56 Å². The topological polar surface area (TPSA) is 67.5 Å². The van der Waals surface area contributed by atoms with Crippen LogP contribution < -0.4 is 11.1 Å². The van der Waals surface area contributed by atoms with Crippen LogP contribution in [0, 0.1) is 6.92 Å². The van der Waals surface area contributed by atoms with Gasteiger partial charge in [0, 0.05) is 11.6 Å². The number of nitrogens with zero attached hydrogens (tertiary/aromatic N) is 1. The van der Waals surface area contributed by atoms with Gasteiger partial charge in [-0.3, -0.25) is 4.79 Å². The van der Waals surface area contributed by atoms with E-state index in [9.17, 15) is 4.79 Å². The number of alkyl halides is 1. The minimum Gasteiger partial charge on any atom is -0.386 e. The summed E-state index contributed by atoms with van der Waals surface area (Å²) in [5.74, 6) is 0.383. The van der Waals surface area contributed by atoms with Crippen LogP contribution in [0.3, 0.4) is 0 Å². The molecule has 0 aliphatic carbocycles. The molecule has 4 nitrogen and oxygen atoms in total. The summed E-state index contributed by atoms with van der Waals surface area (Å²) < 4.78 is 0. The predicted octanol–water partition coefficient (Wildman–Crippen LogP) is 2.36. The van der Waals surface area contributed by atoms with Gasteiger partial charge < -0.3 is 11.1 Å². The van der Waals surface area contributed by atoms with Crippen LogP contribution in [0.2, 0.25) is 0 Å². The van der Waals surface area contributed by atoms with Gasteiger partial charge in [-0.2, -0.15) is 0 Å². The molecule has 0 atom stereocenters. The number of benzene rings is 1. The van der Waals surface area contributed by atoms with E-state index in [0.29, 0.717) is 17.1 Å². The molecule has 0 saturated heterocycles. The van der Waals surface area contributed by atoms with Crippen molar-refractivity contribution in [1.82, 2.24) is 5.32 Å². The molecule has 1 aromatic carbocycles. The Morgan fingerprint density at radius 3 is 2.72 bits per heavy atom. The van der Waals surface area contributed by atoms with Gasteiger partial charge >= 0.3 is 0 Å². The molecule has 3 N–H and O–H groups in total. The third kappa shape index (κ3) is 4.04. The highest BCUT2D eigenvalue weighted by molar-refractivity contribution is 6.28. The van der Waals surface area contributed by atoms with Crippen LogP contribution in [-0.2, 0) is 0 Å². The number of halogens is 1. The summed E-state index contributed by atoms with van der Waals surface area (Å²) in [5, 5.41) is 2.83. The van der Waals surface area contributed by atoms with Gasteiger partial charge in [-0.15, -0.1) is 11.6 Å². The Morgan fingerprint density at radius 2 is 2.17 bits per heavy atom. The van der Waals surface area contributed by atoms with Gasteiger partial charge in [0.25, 0.3) is 5.91 Å². The second kappa shape index (κ2) is 6.40. The first-order valence-electron chi connectivity index (χ1n) is 5.74. The molecule has 0 radical (unpaired) electrons. The van der Waals surface area contributed by atoms with E-state index < -0.39 is 0 Å². The van der Waals surface area contributed by atoms with E-state index in [4.69, 9.17) is 17.3 Å². The van der Waals surface area contributed by atoms with Crippen molar-refractivity contribution >= 4 is 29.0 Å². The Balaban J connectivity index is 3.04. The summed E-state index contributed by atoms with van der Waals surface area (Å²) in [6, 6.07) is 5.42. The summed E-state index contributed by atoms with van der Waals surface area (Å²) in [6.07, 6.45) is 0. The molecule has 0 aromatic heterocycles. The fourth-order valence-corrected chi connectivity index (χ4v) is 1.46. The molecule has 0 heterocycles. The number of aliphatic imine (C=N–C) groups is 1.